The van der Waals surface area contributed by atoms with E-state index in [1.54, 1.807) is 18.2 Å². The maximum atomic E-state index is 11.1. The van der Waals surface area contributed by atoms with Crippen molar-refractivity contribution < 1.29 is 23.3 Å². The Kier molecular flexibility index (Phi) is 2.53. The molecule has 0 fully saturated rings. The number of rotatable bonds is 1. The summed E-state index contributed by atoms with van der Waals surface area (Å²) in [5.74, 6) is 0. The summed E-state index contributed by atoms with van der Waals surface area (Å²) < 4.78 is 31.3. The molecule has 3 N–H and O–H groups in total. The summed E-state index contributed by atoms with van der Waals surface area (Å²) in [6.45, 7) is 0. The lowest BCUT2D eigenvalue weighted by Gasteiger charge is -2.26. The van der Waals surface area contributed by atoms with Crippen LogP contribution >= 0.6 is 0 Å². The van der Waals surface area contributed by atoms with Gasteiger partial charge < -0.3 is 10.3 Å². The molecule has 1 aliphatic carbocycles. The Hall–Kier alpha value is -1.70. The van der Waals surface area contributed by atoms with E-state index in [-0.39, 0.29) is 5.56 Å². The molecule has 0 radical (unpaired) electrons. The van der Waals surface area contributed by atoms with Crippen LogP contribution in [0.5, 0.6) is 0 Å². The second kappa shape index (κ2) is 3.66. The van der Waals surface area contributed by atoms with Crippen LogP contribution in [-0.4, -0.2) is 33.9 Å². The van der Waals surface area contributed by atoms with Crippen LogP contribution in [0, 0.1) is 0 Å². The normalized spacial score (nSPS) is 25.9. The third-order valence-corrected chi connectivity index (χ3v) is 3.65. The van der Waals surface area contributed by atoms with Gasteiger partial charge in [-0.1, -0.05) is 35.5 Å². The third-order valence-electron chi connectivity index (χ3n) is 2.54. The Balaban J connectivity index is 2.74. The van der Waals surface area contributed by atoms with Gasteiger partial charge in [-0.3, -0.25) is 4.55 Å². The van der Waals surface area contributed by atoms with Crippen molar-refractivity contribution in [1.82, 2.24) is 0 Å². The molecule has 0 unspecified atom stereocenters. The number of fused-ring (bicyclic) bond motifs is 1. The van der Waals surface area contributed by atoms with Crippen LogP contribution in [0.2, 0.25) is 0 Å². The first-order valence-electron chi connectivity index (χ1n) is 4.61. The quantitative estimate of drug-likeness (QED) is 0.384. The standard InChI is InChI=1S/C10H9NO5S/c12-10(17(14,15)16)6-5-7-3-1-2-4-8(7)9(10)11-13/h1-6,12-13H,(H,14,15,16)/t10-/m1/s1. The molecule has 0 aliphatic heterocycles. The fourth-order valence-corrected chi connectivity index (χ4v) is 2.30. The van der Waals surface area contributed by atoms with Crippen LogP contribution < -0.4 is 0 Å². The largest absolute Gasteiger partial charge is 0.410 e. The maximum absolute atomic E-state index is 11.1. The fourth-order valence-electron chi connectivity index (χ4n) is 1.67. The molecule has 17 heavy (non-hydrogen) atoms. The highest BCUT2D eigenvalue weighted by Gasteiger charge is 2.47. The van der Waals surface area contributed by atoms with Crippen molar-refractivity contribution in [3.05, 3.63) is 41.5 Å². The number of benzene rings is 1. The van der Waals surface area contributed by atoms with Gasteiger partial charge in [0.2, 0.25) is 0 Å². The molecule has 6 nitrogen and oxygen atoms in total. The van der Waals surface area contributed by atoms with Gasteiger partial charge in [0.05, 0.1) is 0 Å². The van der Waals surface area contributed by atoms with Crippen LogP contribution in [0.15, 0.2) is 35.5 Å². The summed E-state index contributed by atoms with van der Waals surface area (Å²) in [6, 6.07) is 6.42. The van der Waals surface area contributed by atoms with Gasteiger partial charge in [-0.15, -0.1) is 0 Å². The molecule has 0 aromatic heterocycles. The number of nitrogens with zero attached hydrogens (tertiary/aromatic N) is 1. The Morgan fingerprint density at radius 1 is 1.24 bits per heavy atom. The molecule has 0 saturated heterocycles. The van der Waals surface area contributed by atoms with E-state index in [1.807, 2.05) is 0 Å². The number of aliphatic hydroxyl groups is 1. The highest BCUT2D eigenvalue weighted by molar-refractivity contribution is 7.88. The molecule has 1 aliphatic rings. The summed E-state index contributed by atoms with van der Waals surface area (Å²) in [4.78, 5) is -2.73. The zero-order valence-corrected chi connectivity index (χ0v) is 9.29. The molecular formula is C10H9NO5S. The minimum atomic E-state index is -4.85. The first kappa shape index (κ1) is 11.8. The topological polar surface area (TPSA) is 107 Å². The predicted molar refractivity (Wildman–Crippen MR) is 60.3 cm³/mol. The maximum Gasteiger partial charge on any atom is 0.305 e. The Morgan fingerprint density at radius 3 is 2.47 bits per heavy atom. The van der Waals surface area contributed by atoms with E-state index < -0.39 is 20.8 Å². The molecule has 0 saturated carbocycles. The van der Waals surface area contributed by atoms with Gasteiger partial charge in [0.1, 0.15) is 5.71 Å². The van der Waals surface area contributed by atoms with Crippen LogP contribution in [0.1, 0.15) is 11.1 Å². The van der Waals surface area contributed by atoms with Crippen molar-refractivity contribution in [3.63, 3.8) is 0 Å². The molecule has 0 spiro atoms. The average Bonchev–Trinajstić information content (AvgIpc) is 2.27. The molecule has 90 valence electrons. The van der Waals surface area contributed by atoms with Crippen molar-refractivity contribution in [2.24, 2.45) is 5.16 Å². The van der Waals surface area contributed by atoms with Crippen molar-refractivity contribution in [3.8, 4) is 0 Å². The molecule has 7 heteroatoms. The monoisotopic (exact) mass is 255 g/mol. The van der Waals surface area contributed by atoms with E-state index >= 15 is 0 Å². The van der Waals surface area contributed by atoms with Crippen molar-refractivity contribution in [2.75, 3.05) is 0 Å². The van der Waals surface area contributed by atoms with E-state index in [2.05, 4.69) is 5.16 Å². The van der Waals surface area contributed by atoms with E-state index in [1.165, 1.54) is 12.1 Å². The lowest BCUT2D eigenvalue weighted by molar-refractivity contribution is 0.216. The lowest BCUT2D eigenvalue weighted by Crippen LogP contribution is -2.46. The molecule has 2 rings (SSSR count). The van der Waals surface area contributed by atoms with Gasteiger partial charge in [-0.2, -0.15) is 8.42 Å². The van der Waals surface area contributed by atoms with Crippen LogP contribution in [0.3, 0.4) is 0 Å². The molecule has 0 bridgehead atoms. The highest BCUT2D eigenvalue weighted by Crippen LogP contribution is 2.29. The Morgan fingerprint density at radius 2 is 1.88 bits per heavy atom. The van der Waals surface area contributed by atoms with Crippen molar-refractivity contribution in [1.29, 1.82) is 0 Å². The van der Waals surface area contributed by atoms with Gasteiger partial charge in [-0.05, 0) is 11.6 Å². The van der Waals surface area contributed by atoms with Gasteiger partial charge in [0.15, 0.2) is 0 Å². The summed E-state index contributed by atoms with van der Waals surface area (Å²) in [6.07, 6.45) is 2.19. The fraction of sp³-hybridized carbons (Fsp3) is 0.100. The number of hydrogen-bond donors (Lipinski definition) is 3. The zero-order chi connectivity index (χ0) is 12.7. The minimum absolute atomic E-state index is 0.234. The first-order chi connectivity index (χ1) is 7.90. The van der Waals surface area contributed by atoms with E-state index in [4.69, 9.17) is 9.76 Å². The molecule has 0 heterocycles. The van der Waals surface area contributed by atoms with E-state index in [9.17, 15) is 13.5 Å². The second-order valence-corrected chi connectivity index (χ2v) is 5.11. The number of oxime groups is 1. The van der Waals surface area contributed by atoms with Crippen LogP contribution in [-0.2, 0) is 10.1 Å². The summed E-state index contributed by atoms with van der Waals surface area (Å²) >= 11 is 0. The van der Waals surface area contributed by atoms with Gasteiger partial charge in [0.25, 0.3) is 4.93 Å². The van der Waals surface area contributed by atoms with Crippen LogP contribution in [0.25, 0.3) is 6.08 Å². The van der Waals surface area contributed by atoms with Gasteiger partial charge in [-0.25, -0.2) is 0 Å². The SMILES string of the molecule is O=S(=O)(O)[C@]1(O)C=Cc2ccccc2C1=NO. The van der Waals surface area contributed by atoms with Crippen LogP contribution in [0.4, 0.5) is 0 Å². The minimum Gasteiger partial charge on any atom is -0.410 e. The third kappa shape index (κ3) is 1.64. The van der Waals surface area contributed by atoms with Gasteiger partial charge in [0, 0.05) is 5.56 Å². The molecule has 1 aromatic carbocycles. The average molecular weight is 255 g/mol. The Bertz CT molecular complexity index is 619. The molecule has 1 aromatic rings. The molecule has 1 atom stereocenters. The number of hydrogen-bond acceptors (Lipinski definition) is 5. The second-order valence-electron chi connectivity index (χ2n) is 3.54. The molecule has 0 amide bonds. The van der Waals surface area contributed by atoms with E-state index in [0.717, 1.165) is 6.08 Å². The summed E-state index contributed by atoms with van der Waals surface area (Å²) in [5.41, 5.74) is 0.282. The smallest absolute Gasteiger partial charge is 0.305 e. The zero-order valence-electron chi connectivity index (χ0n) is 8.48. The summed E-state index contributed by atoms with van der Waals surface area (Å²) in [7, 11) is -4.85. The lowest BCUT2D eigenvalue weighted by atomic mass is 9.93. The van der Waals surface area contributed by atoms with Crippen molar-refractivity contribution >= 4 is 21.9 Å². The summed E-state index contributed by atoms with van der Waals surface area (Å²) in [5, 5.41) is 21.5. The molecular weight excluding hydrogens is 246 g/mol. The van der Waals surface area contributed by atoms with Crippen molar-refractivity contribution in [2.45, 2.75) is 4.93 Å². The Labute approximate surface area is 97.3 Å². The highest BCUT2D eigenvalue weighted by atomic mass is 32.2. The predicted octanol–water partition coefficient (Wildman–Crippen LogP) is 0.468. The van der Waals surface area contributed by atoms with Gasteiger partial charge >= 0.3 is 10.1 Å². The van der Waals surface area contributed by atoms with E-state index in [0.29, 0.717) is 5.56 Å². The first-order valence-corrected chi connectivity index (χ1v) is 6.05.